The van der Waals surface area contributed by atoms with E-state index in [2.05, 4.69) is 36.9 Å². The van der Waals surface area contributed by atoms with Crippen molar-refractivity contribution in [3.63, 3.8) is 0 Å². The molecule has 6 aliphatic rings. The lowest BCUT2D eigenvalue weighted by molar-refractivity contribution is -0.146. The number of amides is 9. The average Bonchev–Trinajstić information content (AvgIpc) is 1.63. The highest BCUT2D eigenvalue weighted by Gasteiger charge is 2.49. The molecule has 122 heavy (non-hydrogen) atoms. The van der Waals surface area contributed by atoms with Crippen LogP contribution in [0.3, 0.4) is 0 Å². The number of ether oxygens (including phenoxy) is 5. The molecule has 7 aromatic rings. The fourth-order valence-corrected chi connectivity index (χ4v) is 15.3. The largest absolute Gasteiger partial charge is 0.490 e. The molecule has 0 unspecified atom stereocenters. The minimum atomic E-state index is -1.34. The van der Waals surface area contributed by atoms with Crippen molar-refractivity contribution in [2.24, 2.45) is 22.7 Å². The smallest absolute Gasteiger partial charge is 0.410 e. The Balaban J connectivity index is 0.969. The van der Waals surface area contributed by atoms with Gasteiger partial charge in [0.05, 0.1) is 25.3 Å². The molecule has 9 amide bonds. The summed E-state index contributed by atoms with van der Waals surface area (Å²) in [6.07, 6.45) is 5.03. The number of methoxy groups -OCH3 is 1. The highest BCUT2D eigenvalue weighted by atomic mass is 16.6. The molecule has 0 spiro atoms. The number of hydrogen-bond acceptors (Lipinski definition) is 18. The molecule has 10 bridgehead atoms. The van der Waals surface area contributed by atoms with Crippen molar-refractivity contribution in [3.8, 4) is 11.5 Å². The third kappa shape index (κ3) is 24.9. The van der Waals surface area contributed by atoms with Gasteiger partial charge in [-0.05, 0) is 179 Å². The maximum Gasteiger partial charge on any atom is 0.410 e. The molecule has 2 saturated heterocycles. The third-order valence-corrected chi connectivity index (χ3v) is 22.5. The summed E-state index contributed by atoms with van der Waals surface area (Å²) in [6.45, 7) is 24.0. The molecule has 6 aliphatic heterocycles. The maximum atomic E-state index is 15.6. The Morgan fingerprint density at radius 3 is 1.58 bits per heavy atom. The zero-order chi connectivity index (χ0) is 88.9. The van der Waals surface area contributed by atoms with Crippen LogP contribution in [-0.2, 0) is 89.7 Å². The van der Waals surface area contributed by atoms with Gasteiger partial charge in [0.1, 0.15) is 89.9 Å². The van der Waals surface area contributed by atoms with Crippen molar-refractivity contribution in [2.45, 2.75) is 233 Å². The fraction of sp³-hybridized carbons (Fsp3) is 0.495. The van der Waals surface area contributed by atoms with Crippen molar-refractivity contribution in [1.29, 1.82) is 0 Å². The molecule has 0 aliphatic carbocycles. The van der Waals surface area contributed by atoms with Gasteiger partial charge in [0, 0.05) is 52.5 Å². The molecular weight excluding hydrogens is 1560 g/mol. The molecule has 6 aromatic carbocycles. The normalized spacial score (nSPS) is 21.3. The van der Waals surface area contributed by atoms with Gasteiger partial charge in [-0.1, -0.05) is 168 Å². The van der Waals surface area contributed by atoms with E-state index in [1.54, 1.807) is 142 Å². The lowest BCUT2D eigenvalue weighted by atomic mass is 9.85. The van der Waals surface area contributed by atoms with Gasteiger partial charge in [0.2, 0.25) is 41.4 Å². The topological polar surface area (TPSA) is 358 Å². The summed E-state index contributed by atoms with van der Waals surface area (Å²) in [5, 5.41) is 38.7. The van der Waals surface area contributed by atoms with Gasteiger partial charge >= 0.3 is 24.1 Å². The minimum absolute atomic E-state index is 0.0400. The monoisotopic (exact) mass is 1680 g/mol. The highest BCUT2D eigenvalue weighted by molar-refractivity contribution is 5.98. The number of carboxylic acids is 1. The van der Waals surface area contributed by atoms with Crippen LogP contribution in [0.4, 0.5) is 9.59 Å². The standard InChI is InChI=1S/C93H120N12O17/c1-56(101(15)88(116)121-92(9,10)11)79(106)97-77(90(3,4)5)84(111)103-52-62-24-22-23-43-119-71-39-31-58(32-40-71)44-67(86(113)114)37-38-68(47-60-29-35-63-25-18-20-27-65(63)45-60)94-82(109)76-51-70(54-104(76)85(112)78(91(6,7)8)98-80(107)57(2)102(16)89(117)122-93(12,13)14)105-53-69(99-100-105)55-120-72-41-33-59(34-42-72)48-74(87(115)118-17)96-81(108)73(95-83(110)75(103)50-62)49-61-30-36-64-26-19-21-28-66(64)46-61/h18-23,25-36,39-42,45-46,53,56-57,62,67-68,70,73-78H,24,37-38,43-44,47-52,54-55H2,1-17H3,(H,94,109)(H,95,110)(H,96,108)(H,97,106)(H,98,107)(H,113,114)/b23-22+/t56-,57-,62-,67-,68+,70-,73-,74-,75-,76-,77+,78+/m0/s1. The van der Waals surface area contributed by atoms with E-state index in [-0.39, 0.29) is 77.2 Å². The van der Waals surface area contributed by atoms with Crippen LogP contribution in [0.5, 0.6) is 11.5 Å². The second-order valence-electron chi connectivity index (χ2n) is 36.6. The molecule has 6 N–H and O–H groups in total. The number of hydrogen-bond donors (Lipinski definition) is 6. The Morgan fingerprint density at radius 1 is 0.574 bits per heavy atom. The average molecular weight is 1680 g/mol. The van der Waals surface area contributed by atoms with Crippen LogP contribution in [0, 0.1) is 22.7 Å². The van der Waals surface area contributed by atoms with Crippen LogP contribution in [0.25, 0.3) is 21.5 Å². The Bertz CT molecular complexity index is 4940. The van der Waals surface area contributed by atoms with E-state index in [4.69, 9.17) is 23.7 Å². The first-order valence-corrected chi connectivity index (χ1v) is 41.8. The van der Waals surface area contributed by atoms with Crippen LogP contribution in [0.1, 0.15) is 163 Å². The van der Waals surface area contributed by atoms with Gasteiger partial charge in [0.15, 0.2) is 0 Å². The van der Waals surface area contributed by atoms with Crippen LogP contribution < -0.4 is 36.1 Å². The van der Waals surface area contributed by atoms with Gasteiger partial charge in [-0.15, -0.1) is 5.10 Å². The lowest BCUT2D eigenvalue weighted by Gasteiger charge is -2.37. The number of nitrogens with zero attached hydrogens (tertiary/aromatic N) is 7. The van der Waals surface area contributed by atoms with Crippen molar-refractivity contribution in [2.75, 3.05) is 40.9 Å². The number of aliphatic carboxylic acids is 1. The number of fused-ring (bicyclic) bond motifs is 2. The first-order chi connectivity index (χ1) is 57.5. The maximum absolute atomic E-state index is 15.6. The van der Waals surface area contributed by atoms with E-state index in [0.29, 0.717) is 46.7 Å². The molecule has 2 fully saturated rings. The number of rotatable bonds is 14. The first kappa shape index (κ1) is 92.4. The SMILES string of the molecule is COC(=O)[C@@H]1Cc2ccc(cc2)OCc2cn(nn2)[C@H]2C[C@@H](C(=O)N[C@@H](Cc3ccc4ccccc4c3)CC[C@H](C(=O)O)Cc3ccc(cc3)OC/C=C/C[C@H]3C[C@@H](C(=O)N[C@@H](Cc4ccc5ccccc5c4)C(=O)N1)N(C(=O)[C@@H](NC(=O)[C@H](C)N(C)C(=O)OC(C)(C)C)C(C)(C)C)C3)N(C(=O)[C@@H](NC(=O)[C@H](C)N(C)C(=O)OC(C)(C)C)C(C)(C)C)C2. The zero-order valence-electron chi connectivity index (χ0n) is 73.2. The molecule has 654 valence electrons. The summed E-state index contributed by atoms with van der Waals surface area (Å²) in [5.74, 6) is -6.55. The number of nitrogens with one attached hydrogen (secondary N) is 5. The number of aromatic nitrogens is 3. The van der Waals surface area contributed by atoms with Crippen molar-refractivity contribution >= 4 is 87.0 Å². The van der Waals surface area contributed by atoms with Gasteiger partial charge in [-0.3, -0.25) is 48.2 Å². The summed E-state index contributed by atoms with van der Waals surface area (Å²) in [7, 11) is 4.06. The number of carbonyl (C=O) groups excluding carboxylic acids is 10. The molecular formula is C93H120N12O17. The van der Waals surface area contributed by atoms with Crippen LogP contribution >= 0.6 is 0 Å². The second-order valence-corrected chi connectivity index (χ2v) is 36.6. The van der Waals surface area contributed by atoms with E-state index in [1.165, 1.54) is 44.9 Å². The van der Waals surface area contributed by atoms with E-state index in [1.807, 2.05) is 97.1 Å². The van der Waals surface area contributed by atoms with Crippen LogP contribution in [0.15, 0.2) is 152 Å². The number of esters is 1. The molecule has 13 rings (SSSR count). The summed E-state index contributed by atoms with van der Waals surface area (Å²) in [6, 6.07) is 30.1. The van der Waals surface area contributed by atoms with Gasteiger partial charge in [-0.25, -0.2) is 19.1 Å². The lowest BCUT2D eigenvalue weighted by Crippen LogP contribution is -2.61. The molecule has 29 heteroatoms. The second kappa shape index (κ2) is 39.7. The van der Waals surface area contributed by atoms with E-state index in [9.17, 15) is 33.9 Å². The number of carbonyl (C=O) groups is 11. The fourth-order valence-electron chi connectivity index (χ4n) is 15.3. The molecule has 1 aromatic heterocycles. The van der Waals surface area contributed by atoms with Crippen molar-refractivity contribution < 1.29 is 81.5 Å². The third-order valence-electron chi connectivity index (χ3n) is 22.5. The Labute approximate surface area is 714 Å². The van der Waals surface area contributed by atoms with Crippen LogP contribution in [0.2, 0.25) is 0 Å². The minimum Gasteiger partial charge on any atom is -0.490 e. The quantitative estimate of drug-likeness (QED) is 0.0335. The van der Waals surface area contributed by atoms with Gasteiger partial charge in [-0.2, -0.15) is 0 Å². The number of benzene rings is 6. The number of allylic oxidation sites excluding steroid dienone is 1. The number of likely N-dealkylation sites (tertiary alicyclic amines) is 2. The predicted molar refractivity (Wildman–Crippen MR) is 460 cm³/mol. The van der Waals surface area contributed by atoms with Gasteiger partial charge < -0.3 is 65.2 Å². The Kier molecular flexibility index (Phi) is 30.1. The Morgan fingerprint density at radius 2 is 1.07 bits per heavy atom. The zero-order valence-corrected chi connectivity index (χ0v) is 73.2. The molecule has 7 heterocycles. The van der Waals surface area contributed by atoms with Gasteiger partial charge in [0.25, 0.3) is 0 Å². The Hall–Kier alpha value is -11.9. The molecule has 0 saturated carbocycles. The first-order valence-electron chi connectivity index (χ1n) is 41.8. The summed E-state index contributed by atoms with van der Waals surface area (Å²) in [5.41, 5.74) is -0.425. The summed E-state index contributed by atoms with van der Waals surface area (Å²) in [4.78, 5) is 165. The molecule has 29 nitrogen and oxygen atoms in total. The highest BCUT2D eigenvalue weighted by Crippen LogP contribution is 2.35. The van der Waals surface area contributed by atoms with E-state index < -0.39 is 154 Å². The summed E-state index contributed by atoms with van der Waals surface area (Å²) >= 11 is 0. The predicted octanol–water partition coefficient (Wildman–Crippen LogP) is 10.8. The molecule has 12 atom stereocenters. The van der Waals surface area contributed by atoms with E-state index in [0.717, 1.165) is 36.9 Å². The van der Waals surface area contributed by atoms with E-state index >= 15 is 24.0 Å². The van der Waals surface area contributed by atoms with Crippen molar-refractivity contribution in [3.05, 3.63) is 180 Å². The van der Waals surface area contributed by atoms with Crippen molar-refractivity contribution in [1.82, 2.24) is 61.2 Å². The number of likely N-dealkylation sites (N-methyl/N-ethyl adjacent to an activating group) is 2. The summed E-state index contributed by atoms with van der Waals surface area (Å²) < 4.78 is 30.5. The van der Waals surface area contributed by atoms with Crippen LogP contribution in [-0.4, -0.2) is 212 Å². The number of carboxylic acid groups (broad SMARTS) is 1. The molecule has 0 radical (unpaired) electrons.